The van der Waals surface area contributed by atoms with Crippen molar-refractivity contribution in [3.8, 4) is 0 Å². The predicted octanol–water partition coefficient (Wildman–Crippen LogP) is 2.80. The SMILES string of the molecule is CCOC(=O)c1nc(C(F)F)cc(C(F)(F)F)c1N. The van der Waals surface area contributed by atoms with Crippen LogP contribution < -0.4 is 5.73 Å². The molecule has 0 unspecified atom stereocenters. The molecule has 106 valence electrons. The van der Waals surface area contributed by atoms with E-state index in [0.717, 1.165) is 0 Å². The molecule has 2 N–H and O–H groups in total. The van der Waals surface area contributed by atoms with Crippen LogP contribution in [0.4, 0.5) is 27.6 Å². The molecule has 1 aromatic rings. The van der Waals surface area contributed by atoms with Crippen molar-refractivity contribution in [2.45, 2.75) is 19.5 Å². The first-order valence-corrected chi connectivity index (χ1v) is 5.01. The zero-order valence-corrected chi connectivity index (χ0v) is 9.59. The molecule has 0 spiro atoms. The van der Waals surface area contributed by atoms with Crippen molar-refractivity contribution in [3.63, 3.8) is 0 Å². The molecule has 0 saturated carbocycles. The third-order valence-corrected chi connectivity index (χ3v) is 2.08. The van der Waals surface area contributed by atoms with Gasteiger partial charge in [0.2, 0.25) is 0 Å². The summed E-state index contributed by atoms with van der Waals surface area (Å²) in [5.74, 6) is -1.28. The Morgan fingerprint density at radius 1 is 1.47 bits per heavy atom. The van der Waals surface area contributed by atoms with Crippen LogP contribution in [0, 0.1) is 0 Å². The Kier molecular flexibility index (Phi) is 4.28. The first-order chi connectivity index (χ1) is 8.68. The number of alkyl halides is 5. The van der Waals surface area contributed by atoms with Crippen LogP contribution in [-0.4, -0.2) is 17.6 Å². The second-order valence-electron chi connectivity index (χ2n) is 3.38. The third kappa shape index (κ3) is 3.30. The lowest BCUT2D eigenvalue weighted by Gasteiger charge is -2.14. The van der Waals surface area contributed by atoms with Crippen LogP contribution in [0.1, 0.15) is 35.1 Å². The van der Waals surface area contributed by atoms with E-state index in [9.17, 15) is 26.7 Å². The fraction of sp³-hybridized carbons (Fsp3) is 0.400. The van der Waals surface area contributed by atoms with Gasteiger partial charge in [0.05, 0.1) is 17.9 Å². The van der Waals surface area contributed by atoms with Crippen molar-refractivity contribution in [2.24, 2.45) is 0 Å². The number of nitrogens with zero attached hydrogens (tertiary/aromatic N) is 1. The number of anilines is 1. The molecule has 4 nitrogen and oxygen atoms in total. The average Bonchev–Trinajstić information content (AvgIpc) is 2.27. The number of rotatable bonds is 3. The summed E-state index contributed by atoms with van der Waals surface area (Å²) in [5.41, 5.74) is 0.413. The van der Waals surface area contributed by atoms with E-state index >= 15 is 0 Å². The van der Waals surface area contributed by atoms with Crippen molar-refractivity contribution in [3.05, 3.63) is 23.0 Å². The van der Waals surface area contributed by atoms with E-state index in [1.54, 1.807) is 0 Å². The fourth-order valence-corrected chi connectivity index (χ4v) is 1.28. The molecule has 0 saturated heterocycles. The standard InChI is InChI=1S/C10H9F5N2O2/c1-2-19-9(18)7-6(16)4(10(13,14)15)3-5(17-7)8(11)12/h3,8H,2,16H2,1H3. The Morgan fingerprint density at radius 3 is 2.47 bits per heavy atom. The minimum atomic E-state index is -4.97. The first-order valence-electron chi connectivity index (χ1n) is 5.01. The second-order valence-corrected chi connectivity index (χ2v) is 3.38. The maximum Gasteiger partial charge on any atom is 0.418 e. The largest absolute Gasteiger partial charge is 0.461 e. The van der Waals surface area contributed by atoms with Crippen LogP contribution in [0.3, 0.4) is 0 Å². The summed E-state index contributed by atoms with van der Waals surface area (Å²) < 4.78 is 67.2. The molecular formula is C10H9F5N2O2. The number of nitrogens with two attached hydrogens (primary N) is 1. The lowest BCUT2D eigenvalue weighted by atomic mass is 10.1. The summed E-state index contributed by atoms with van der Waals surface area (Å²) >= 11 is 0. The topological polar surface area (TPSA) is 65.2 Å². The van der Waals surface area contributed by atoms with Crippen LogP contribution in [0.25, 0.3) is 0 Å². The summed E-state index contributed by atoms with van der Waals surface area (Å²) in [5, 5.41) is 0. The number of nitrogen functional groups attached to an aromatic ring is 1. The van der Waals surface area contributed by atoms with Crippen LogP contribution in [0.2, 0.25) is 0 Å². The van der Waals surface area contributed by atoms with E-state index in [-0.39, 0.29) is 12.7 Å². The number of hydrogen-bond acceptors (Lipinski definition) is 4. The minimum absolute atomic E-state index is 0.114. The van der Waals surface area contributed by atoms with Gasteiger partial charge in [-0.3, -0.25) is 0 Å². The van der Waals surface area contributed by atoms with Gasteiger partial charge in [0.25, 0.3) is 6.43 Å². The van der Waals surface area contributed by atoms with E-state index in [2.05, 4.69) is 9.72 Å². The van der Waals surface area contributed by atoms with E-state index in [1.807, 2.05) is 0 Å². The number of halogens is 5. The molecule has 0 aliphatic heterocycles. The molecule has 0 amide bonds. The van der Waals surface area contributed by atoms with Crippen LogP contribution in [0.15, 0.2) is 6.07 Å². The molecule has 0 aliphatic carbocycles. The normalized spacial score (nSPS) is 11.7. The fourth-order valence-electron chi connectivity index (χ4n) is 1.28. The third-order valence-electron chi connectivity index (χ3n) is 2.08. The zero-order chi connectivity index (χ0) is 14.8. The smallest absolute Gasteiger partial charge is 0.418 e. The van der Waals surface area contributed by atoms with Crippen molar-refractivity contribution in [1.82, 2.24) is 4.98 Å². The van der Waals surface area contributed by atoms with Gasteiger partial charge in [0.1, 0.15) is 5.69 Å². The highest BCUT2D eigenvalue weighted by atomic mass is 19.4. The molecule has 0 fully saturated rings. The highest BCUT2D eigenvalue weighted by Gasteiger charge is 2.37. The molecule has 1 rings (SSSR count). The minimum Gasteiger partial charge on any atom is -0.461 e. The van der Waals surface area contributed by atoms with Crippen LogP contribution in [-0.2, 0) is 10.9 Å². The summed E-state index contributed by atoms with van der Waals surface area (Å²) in [7, 11) is 0. The quantitative estimate of drug-likeness (QED) is 0.684. The summed E-state index contributed by atoms with van der Waals surface area (Å²) in [6, 6.07) is 0.114. The van der Waals surface area contributed by atoms with Crippen molar-refractivity contribution in [2.75, 3.05) is 12.3 Å². The number of carbonyl (C=O) groups is 1. The monoisotopic (exact) mass is 284 g/mol. The highest BCUT2D eigenvalue weighted by Crippen LogP contribution is 2.36. The highest BCUT2D eigenvalue weighted by molar-refractivity contribution is 5.93. The average molecular weight is 284 g/mol. The Hall–Kier alpha value is -1.93. The Morgan fingerprint density at radius 2 is 2.05 bits per heavy atom. The second kappa shape index (κ2) is 5.37. The van der Waals surface area contributed by atoms with E-state index in [0.29, 0.717) is 0 Å². The number of aromatic nitrogens is 1. The van der Waals surface area contributed by atoms with Gasteiger partial charge in [-0.1, -0.05) is 0 Å². The molecule has 1 heterocycles. The summed E-state index contributed by atoms with van der Waals surface area (Å²) in [6.07, 6.45) is -8.24. The van der Waals surface area contributed by atoms with Gasteiger partial charge in [0, 0.05) is 0 Å². The molecular weight excluding hydrogens is 275 g/mol. The van der Waals surface area contributed by atoms with Gasteiger partial charge in [-0.05, 0) is 13.0 Å². The molecule has 1 aromatic heterocycles. The van der Waals surface area contributed by atoms with Gasteiger partial charge < -0.3 is 10.5 Å². The van der Waals surface area contributed by atoms with E-state index < -0.39 is 41.2 Å². The number of hydrogen-bond donors (Lipinski definition) is 1. The van der Waals surface area contributed by atoms with Gasteiger partial charge in [-0.15, -0.1) is 0 Å². The maximum absolute atomic E-state index is 12.6. The van der Waals surface area contributed by atoms with Crippen molar-refractivity contribution in [1.29, 1.82) is 0 Å². The van der Waals surface area contributed by atoms with E-state index in [1.165, 1.54) is 6.92 Å². The number of carbonyl (C=O) groups excluding carboxylic acids is 1. The van der Waals surface area contributed by atoms with Crippen molar-refractivity contribution >= 4 is 11.7 Å². The molecule has 9 heteroatoms. The number of pyridine rings is 1. The lowest BCUT2D eigenvalue weighted by Crippen LogP contribution is -2.18. The Balaban J connectivity index is 3.46. The summed E-state index contributed by atoms with van der Waals surface area (Å²) in [6.45, 7) is 1.25. The van der Waals surface area contributed by atoms with Crippen LogP contribution in [0.5, 0.6) is 0 Å². The Bertz CT molecular complexity index is 488. The number of esters is 1. The van der Waals surface area contributed by atoms with Gasteiger partial charge in [-0.25, -0.2) is 18.6 Å². The van der Waals surface area contributed by atoms with Gasteiger partial charge in [-0.2, -0.15) is 13.2 Å². The molecule has 0 aromatic carbocycles. The molecule has 0 aliphatic rings. The molecule has 19 heavy (non-hydrogen) atoms. The Labute approximate surface area is 104 Å². The van der Waals surface area contributed by atoms with E-state index in [4.69, 9.17) is 5.73 Å². The predicted molar refractivity (Wildman–Crippen MR) is 54.6 cm³/mol. The molecule has 0 atom stereocenters. The molecule has 0 radical (unpaired) electrons. The van der Waals surface area contributed by atoms with Gasteiger partial charge in [0.15, 0.2) is 5.69 Å². The first kappa shape index (κ1) is 15.1. The zero-order valence-electron chi connectivity index (χ0n) is 9.59. The lowest BCUT2D eigenvalue weighted by molar-refractivity contribution is -0.137. The number of ether oxygens (including phenoxy) is 1. The van der Waals surface area contributed by atoms with Gasteiger partial charge >= 0.3 is 12.1 Å². The van der Waals surface area contributed by atoms with Crippen molar-refractivity contribution < 1.29 is 31.5 Å². The molecule has 0 bridgehead atoms. The maximum atomic E-state index is 12.6. The summed E-state index contributed by atoms with van der Waals surface area (Å²) in [4.78, 5) is 14.5. The van der Waals surface area contributed by atoms with Crippen LogP contribution >= 0.6 is 0 Å².